The van der Waals surface area contributed by atoms with Gasteiger partial charge in [0.05, 0.1) is 11.4 Å². The van der Waals surface area contributed by atoms with Crippen LogP contribution in [0.4, 0.5) is 5.69 Å². The highest BCUT2D eigenvalue weighted by atomic mass is 35.5. The number of nitrogens with one attached hydrogen (secondary N) is 2. The molecule has 23 heavy (non-hydrogen) atoms. The molecule has 2 amide bonds. The molecular weight excluding hydrogens is 334 g/mol. The van der Waals surface area contributed by atoms with Crippen LogP contribution in [0.25, 0.3) is 0 Å². The molecule has 2 heterocycles. The normalized spacial score (nSPS) is 23.7. The summed E-state index contributed by atoms with van der Waals surface area (Å²) in [6.07, 6.45) is 1.06. The number of para-hydroxylation sites is 1. The third kappa shape index (κ3) is 4.19. The summed E-state index contributed by atoms with van der Waals surface area (Å²) in [5.41, 5.74) is 0.841. The molecule has 0 bridgehead atoms. The van der Waals surface area contributed by atoms with Gasteiger partial charge in [-0.2, -0.15) is 0 Å². The molecule has 0 aromatic heterocycles. The van der Waals surface area contributed by atoms with Crippen LogP contribution >= 0.6 is 24.2 Å². The van der Waals surface area contributed by atoms with Crippen LogP contribution in [0.15, 0.2) is 29.2 Å². The highest BCUT2D eigenvalue weighted by Gasteiger charge is 2.28. The van der Waals surface area contributed by atoms with Crippen molar-refractivity contribution in [2.75, 3.05) is 30.3 Å². The molecule has 3 rings (SSSR count). The van der Waals surface area contributed by atoms with Gasteiger partial charge >= 0.3 is 0 Å². The highest BCUT2D eigenvalue weighted by Crippen LogP contribution is 2.34. The second-order valence-corrected chi connectivity index (χ2v) is 6.90. The Morgan fingerprint density at radius 3 is 3.00 bits per heavy atom. The van der Waals surface area contributed by atoms with Crippen LogP contribution in [-0.2, 0) is 9.59 Å². The Labute approximate surface area is 147 Å². The SMILES string of the molecule is CC1CCNCC1NC(=O)CN1C(=O)CSc2ccccc21.Cl. The summed E-state index contributed by atoms with van der Waals surface area (Å²) in [5, 5.41) is 6.37. The quantitative estimate of drug-likeness (QED) is 0.865. The highest BCUT2D eigenvalue weighted by molar-refractivity contribution is 8.00. The fraction of sp³-hybridized carbons (Fsp3) is 0.500. The van der Waals surface area contributed by atoms with Crippen LogP contribution in [0.2, 0.25) is 0 Å². The molecule has 1 fully saturated rings. The van der Waals surface area contributed by atoms with Crippen LogP contribution in [-0.4, -0.2) is 43.2 Å². The molecule has 0 saturated carbocycles. The predicted molar refractivity (Wildman–Crippen MR) is 95.3 cm³/mol. The number of carbonyl (C=O) groups excluding carboxylic acids is 2. The molecule has 1 aromatic carbocycles. The van der Waals surface area contributed by atoms with Gasteiger partial charge in [-0.05, 0) is 31.0 Å². The van der Waals surface area contributed by atoms with Gasteiger partial charge < -0.3 is 15.5 Å². The largest absolute Gasteiger partial charge is 0.350 e. The van der Waals surface area contributed by atoms with E-state index in [1.165, 1.54) is 11.8 Å². The Kier molecular flexibility index (Phi) is 6.33. The van der Waals surface area contributed by atoms with E-state index in [4.69, 9.17) is 0 Å². The van der Waals surface area contributed by atoms with Crippen LogP contribution in [0.3, 0.4) is 0 Å². The molecule has 2 atom stereocenters. The van der Waals surface area contributed by atoms with Crippen molar-refractivity contribution in [1.29, 1.82) is 0 Å². The average molecular weight is 356 g/mol. The third-order valence-corrected chi connectivity index (χ3v) is 5.33. The van der Waals surface area contributed by atoms with Crippen molar-refractivity contribution in [2.45, 2.75) is 24.3 Å². The molecule has 7 heteroatoms. The molecule has 2 unspecified atom stereocenters. The van der Waals surface area contributed by atoms with E-state index < -0.39 is 0 Å². The fourth-order valence-corrected chi connectivity index (χ4v) is 3.84. The smallest absolute Gasteiger partial charge is 0.240 e. The molecular formula is C16H22ClN3O2S. The topological polar surface area (TPSA) is 61.4 Å². The summed E-state index contributed by atoms with van der Waals surface area (Å²) >= 11 is 1.53. The third-order valence-electron chi connectivity index (χ3n) is 4.28. The Bertz CT molecular complexity index is 584. The van der Waals surface area contributed by atoms with Gasteiger partial charge in [0.15, 0.2) is 0 Å². The number of benzene rings is 1. The number of piperidine rings is 1. The standard InChI is InChI=1S/C16H21N3O2S.ClH/c1-11-6-7-17-8-12(11)18-15(20)9-19-13-4-2-3-5-14(13)22-10-16(19)21;/h2-5,11-12,17H,6-10H2,1H3,(H,18,20);1H. The number of carbonyl (C=O) groups is 2. The zero-order valence-electron chi connectivity index (χ0n) is 13.1. The molecule has 0 radical (unpaired) electrons. The van der Waals surface area contributed by atoms with Crippen LogP contribution in [0.5, 0.6) is 0 Å². The molecule has 2 N–H and O–H groups in total. The summed E-state index contributed by atoms with van der Waals surface area (Å²) in [6.45, 7) is 4.05. The molecule has 1 saturated heterocycles. The fourth-order valence-electron chi connectivity index (χ4n) is 2.91. The number of thioether (sulfide) groups is 1. The van der Waals surface area contributed by atoms with E-state index in [-0.39, 0.29) is 36.8 Å². The van der Waals surface area contributed by atoms with Gasteiger partial charge in [-0.15, -0.1) is 24.2 Å². The maximum absolute atomic E-state index is 12.3. The van der Waals surface area contributed by atoms with Crippen molar-refractivity contribution in [3.05, 3.63) is 24.3 Å². The second kappa shape index (κ2) is 8.04. The minimum absolute atomic E-state index is 0. The minimum Gasteiger partial charge on any atom is -0.350 e. The van der Waals surface area contributed by atoms with E-state index >= 15 is 0 Å². The first kappa shape index (κ1) is 18.1. The van der Waals surface area contributed by atoms with Crippen molar-refractivity contribution in [3.63, 3.8) is 0 Å². The first-order valence-electron chi connectivity index (χ1n) is 7.67. The van der Waals surface area contributed by atoms with E-state index in [1.54, 1.807) is 4.90 Å². The molecule has 0 spiro atoms. The number of rotatable bonds is 3. The number of hydrogen-bond acceptors (Lipinski definition) is 4. The van der Waals surface area contributed by atoms with Gasteiger partial charge in [-0.1, -0.05) is 19.1 Å². The second-order valence-electron chi connectivity index (χ2n) is 5.88. The Morgan fingerprint density at radius 2 is 2.22 bits per heavy atom. The van der Waals surface area contributed by atoms with Gasteiger partial charge in [0.2, 0.25) is 11.8 Å². The van der Waals surface area contributed by atoms with E-state index in [1.807, 2.05) is 24.3 Å². The van der Waals surface area contributed by atoms with Crippen LogP contribution in [0, 0.1) is 5.92 Å². The lowest BCUT2D eigenvalue weighted by Gasteiger charge is -2.32. The Morgan fingerprint density at radius 1 is 1.43 bits per heavy atom. The Hall–Kier alpha value is -1.24. The summed E-state index contributed by atoms with van der Waals surface area (Å²) in [4.78, 5) is 27.2. The van der Waals surface area contributed by atoms with Gasteiger partial charge in [-0.3, -0.25) is 9.59 Å². The monoisotopic (exact) mass is 355 g/mol. The first-order chi connectivity index (χ1) is 10.6. The van der Waals surface area contributed by atoms with Crippen LogP contribution in [0.1, 0.15) is 13.3 Å². The maximum atomic E-state index is 12.3. The number of halogens is 1. The summed E-state index contributed by atoms with van der Waals surface area (Å²) < 4.78 is 0. The van der Waals surface area contributed by atoms with Gasteiger partial charge in [0.25, 0.3) is 0 Å². The lowest BCUT2D eigenvalue weighted by atomic mass is 9.95. The van der Waals surface area contributed by atoms with E-state index in [9.17, 15) is 9.59 Å². The van der Waals surface area contributed by atoms with E-state index in [2.05, 4.69) is 17.6 Å². The molecule has 2 aliphatic rings. The zero-order valence-corrected chi connectivity index (χ0v) is 14.7. The molecule has 126 valence electrons. The summed E-state index contributed by atoms with van der Waals surface area (Å²) in [6, 6.07) is 7.89. The first-order valence-corrected chi connectivity index (χ1v) is 8.66. The number of anilines is 1. The molecule has 2 aliphatic heterocycles. The van der Waals surface area contributed by atoms with Gasteiger partial charge in [0.1, 0.15) is 6.54 Å². The molecule has 1 aromatic rings. The average Bonchev–Trinajstić information content (AvgIpc) is 2.52. The Balaban J connectivity index is 0.00000192. The van der Waals surface area contributed by atoms with Gasteiger partial charge in [0, 0.05) is 17.5 Å². The van der Waals surface area contributed by atoms with Crippen molar-refractivity contribution in [1.82, 2.24) is 10.6 Å². The van der Waals surface area contributed by atoms with Gasteiger partial charge in [-0.25, -0.2) is 0 Å². The lowest BCUT2D eigenvalue weighted by Crippen LogP contribution is -2.53. The molecule has 5 nitrogen and oxygen atoms in total. The maximum Gasteiger partial charge on any atom is 0.240 e. The van der Waals surface area contributed by atoms with E-state index in [0.29, 0.717) is 11.7 Å². The minimum atomic E-state index is -0.0874. The van der Waals surface area contributed by atoms with Crippen molar-refractivity contribution in [3.8, 4) is 0 Å². The summed E-state index contributed by atoms with van der Waals surface area (Å²) in [5.74, 6) is 0.764. The number of nitrogens with zero attached hydrogens (tertiary/aromatic N) is 1. The zero-order chi connectivity index (χ0) is 15.5. The lowest BCUT2D eigenvalue weighted by molar-refractivity contribution is -0.123. The number of fused-ring (bicyclic) bond motifs is 1. The predicted octanol–water partition coefficient (Wildman–Crippen LogP) is 1.66. The van der Waals surface area contributed by atoms with Crippen molar-refractivity contribution < 1.29 is 9.59 Å². The van der Waals surface area contributed by atoms with Crippen molar-refractivity contribution >= 4 is 41.7 Å². The number of amides is 2. The summed E-state index contributed by atoms with van der Waals surface area (Å²) in [7, 11) is 0. The van der Waals surface area contributed by atoms with Crippen molar-refractivity contribution in [2.24, 2.45) is 5.92 Å². The molecule has 0 aliphatic carbocycles. The number of hydrogen-bond donors (Lipinski definition) is 2. The van der Waals surface area contributed by atoms with E-state index in [0.717, 1.165) is 30.1 Å². The van der Waals surface area contributed by atoms with Crippen LogP contribution < -0.4 is 15.5 Å².